The SMILES string of the molecule is CC1(C)CCCC1C(=O)Nc1cnccc1C(=O)O. The first-order chi connectivity index (χ1) is 8.92. The largest absolute Gasteiger partial charge is 0.478 e. The van der Waals surface area contributed by atoms with E-state index in [-0.39, 0.29) is 28.5 Å². The van der Waals surface area contributed by atoms with E-state index in [4.69, 9.17) is 5.11 Å². The lowest BCUT2D eigenvalue weighted by Gasteiger charge is -2.26. The predicted octanol–water partition coefficient (Wildman–Crippen LogP) is 2.54. The van der Waals surface area contributed by atoms with Crippen LogP contribution in [0.4, 0.5) is 5.69 Å². The lowest BCUT2D eigenvalue weighted by Crippen LogP contribution is -2.31. The molecule has 0 saturated heterocycles. The van der Waals surface area contributed by atoms with Crippen molar-refractivity contribution in [3.8, 4) is 0 Å². The second-order valence-corrected chi connectivity index (χ2v) is 5.65. The number of anilines is 1. The Hall–Kier alpha value is -1.91. The molecule has 0 aromatic carbocycles. The predicted molar refractivity (Wildman–Crippen MR) is 70.9 cm³/mol. The van der Waals surface area contributed by atoms with Gasteiger partial charge in [0.1, 0.15) is 0 Å². The molecule has 0 bridgehead atoms. The van der Waals surface area contributed by atoms with E-state index < -0.39 is 5.97 Å². The van der Waals surface area contributed by atoms with E-state index in [1.165, 1.54) is 18.5 Å². The fourth-order valence-electron chi connectivity index (χ4n) is 2.71. The number of carbonyl (C=O) groups is 2. The Balaban J connectivity index is 2.18. The monoisotopic (exact) mass is 262 g/mol. The minimum Gasteiger partial charge on any atom is -0.478 e. The van der Waals surface area contributed by atoms with Gasteiger partial charge in [-0.25, -0.2) is 4.79 Å². The molecule has 1 aromatic heterocycles. The van der Waals surface area contributed by atoms with E-state index in [1.807, 2.05) is 0 Å². The third kappa shape index (κ3) is 2.75. The second-order valence-electron chi connectivity index (χ2n) is 5.65. The van der Waals surface area contributed by atoms with Gasteiger partial charge >= 0.3 is 5.97 Å². The Morgan fingerprint density at radius 3 is 2.79 bits per heavy atom. The fraction of sp³-hybridized carbons (Fsp3) is 0.500. The zero-order chi connectivity index (χ0) is 14.0. The number of amides is 1. The Labute approximate surface area is 112 Å². The lowest BCUT2D eigenvalue weighted by molar-refractivity contribution is -0.122. The van der Waals surface area contributed by atoms with Crippen LogP contribution in [0.15, 0.2) is 18.5 Å². The summed E-state index contributed by atoms with van der Waals surface area (Å²) in [7, 11) is 0. The van der Waals surface area contributed by atoms with Crippen LogP contribution in [0.3, 0.4) is 0 Å². The molecular formula is C14H18N2O3. The summed E-state index contributed by atoms with van der Waals surface area (Å²) in [6.45, 7) is 4.15. The summed E-state index contributed by atoms with van der Waals surface area (Å²) in [4.78, 5) is 27.2. The number of hydrogen-bond acceptors (Lipinski definition) is 3. The number of carboxylic acid groups (broad SMARTS) is 1. The number of rotatable bonds is 3. The summed E-state index contributed by atoms with van der Waals surface area (Å²) in [5, 5.41) is 11.8. The smallest absolute Gasteiger partial charge is 0.337 e. The van der Waals surface area contributed by atoms with Crippen LogP contribution in [0.5, 0.6) is 0 Å². The summed E-state index contributed by atoms with van der Waals surface area (Å²) in [5.41, 5.74) is 0.303. The summed E-state index contributed by atoms with van der Waals surface area (Å²) < 4.78 is 0. The number of nitrogens with zero attached hydrogens (tertiary/aromatic N) is 1. The third-order valence-corrected chi connectivity index (χ3v) is 3.88. The second kappa shape index (κ2) is 4.99. The van der Waals surface area contributed by atoms with Crippen LogP contribution in [0.25, 0.3) is 0 Å². The number of carbonyl (C=O) groups excluding carboxylic acids is 1. The van der Waals surface area contributed by atoms with Gasteiger partial charge in [-0.05, 0) is 24.3 Å². The maximum absolute atomic E-state index is 12.3. The molecule has 5 heteroatoms. The molecule has 2 N–H and O–H groups in total. The molecule has 0 spiro atoms. The maximum Gasteiger partial charge on any atom is 0.337 e. The van der Waals surface area contributed by atoms with Crippen LogP contribution in [0, 0.1) is 11.3 Å². The molecule has 0 radical (unpaired) electrons. The molecule has 1 atom stereocenters. The number of pyridine rings is 1. The van der Waals surface area contributed by atoms with Gasteiger partial charge in [-0.2, -0.15) is 0 Å². The van der Waals surface area contributed by atoms with Gasteiger partial charge in [0.05, 0.1) is 17.4 Å². The van der Waals surface area contributed by atoms with Gasteiger partial charge in [-0.15, -0.1) is 0 Å². The van der Waals surface area contributed by atoms with Crippen molar-refractivity contribution in [1.82, 2.24) is 4.98 Å². The van der Waals surface area contributed by atoms with Crippen molar-refractivity contribution in [2.24, 2.45) is 11.3 Å². The molecule has 1 aromatic rings. The highest BCUT2D eigenvalue weighted by atomic mass is 16.4. The van der Waals surface area contributed by atoms with Crippen molar-refractivity contribution >= 4 is 17.6 Å². The van der Waals surface area contributed by atoms with E-state index in [2.05, 4.69) is 24.1 Å². The standard InChI is InChI=1S/C14H18N2O3/c1-14(2)6-3-4-10(14)12(17)16-11-8-15-7-5-9(11)13(18)19/h5,7-8,10H,3-4,6H2,1-2H3,(H,16,17)(H,18,19). The van der Waals surface area contributed by atoms with E-state index in [1.54, 1.807) is 0 Å². The van der Waals surface area contributed by atoms with Crippen LogP contribution in [0.2, 0.25) is 0 Å². The Kier molecular flexibility index (Phi) is 3.55. The van der Waals surface area contributed by atoms with Gasteiger partial charge < -0.3 is 10.4 Å². The van der Waals surface area contributed by atoms with Gasteiger partial charge in [0, 0.05) is 12.1 Å². The average Bonchev–Trinajstić information content (AvgIpc) is 2.69. The lowest BCUT2D eigenvalue weighted by atomic mass is 9.81. The van der Waals surface area contributed by atoms with Gasteiger partial charge in [0.2, 0.25) is 5.91 Å². The van der Waals surface area contributed by atoms with Gasteiger partial charge in [0.15, 0.2) is 0 Å². The molecule has 2 rings (SSSR count). The van der Waals surface area contributed by atoms with E-state index in [0.717, 1.165) is 19.3 Å². The quantitative estimate of drug-likeness (QED) is 0.877. The molecule has 1 aliphatic rings. The zero-order valence-electron chi connectivity index (χ0n) is 11.1. The first-order valence-electron chi connectivity index (χ1n) is 6.40. The van der Waals surface area contributed by atoms with E-state index in [9.17, 15) is 9.59 Å². The summed E-state index contributed by atoms with van der Waals surface area (Å²) in [5.74, 6) is -1.25. The molecule has 1 heterocycles. The van der Waals surface area contributed by atoms with E-state index >= 15 is 0 Å². The van der Waals surface area contributed by atoms with E-state index in [0.29, 0.717) is 0 Å². The highest BCUT2D eigenvalue weighted by molar-refractivity contribution is 6.01. The minimum absolute atomic E-state index is 0.0321. The molecule has 5 nitrogen and oxygen atoms in total. The zero-order valence-corrected chi connectivity index (χ0v) is 11.1. The number of carboxylic acids is 1. The normalized spacial score (nSPS) is 21.1. The molecule has 102 valence electrons. The molecule has 1 saturated carbocycles. The summed E-state index contributed by atoms with van der Waals surface area (Å²) in [6.07, 6.45) is 5.68. The van der Waals surface area contributed by atoms with Crippen LogP contribution < -0.4 is 5.32 Å². The summed E-state index contributed by atoms with van der Waals surface area (Å²) >= 11 is 0. The fourth-order valence-corrected chi connectivity index (χ4v) is 2.71. The first kappa shape index (κ1) is 13.5. The van der Waals surface area contributed by atoms with Crippen LogP contribution in [0.1, 0.15) is 43.5 Å². The molecule has 1 fully saturated rings. The topological polar surface area (TPSA) is 79.3 Å². The number of aromatic nitrogens is 1. The molecule has 19 heavy (non-hydrogen) atoms. The molecule has 0 aliphatic heterocycles. The molecule has 1 aliphatic carbocycles. The Morgan fingerprint density at radius 2 is 2.21 bits per heavy atom. The van der Waals surface area contributed by atoms with Gasteiger partial charge in [0.25, 0.3) is 0 Å². The average molecular weight is 262 g/mol. The minimum atomic E-state index is -1.07. The van der Waals surface area contributed by atoms with Crippen molar-refractivity contribution in [2.45, 2.75) is 33.1 Å². The van der Waals surface area contributed by atoms with Crippen LogP contribution in [-0.4, -0.2) is 22.0 Å². The van der Waals surface area contributed by atoms with Crippen molar-refractivity contribution in [1.29, 1.82) is 0 Å². The third-order valence-electron chi connectivity index (χ3n) is 3.88. The molecular weight excluding hydrogens is 244 g/mol. The highest BCUT2D eigenvalue weighted by Crippen LogP contribution is 2.43. The summed E-state index contributed by atoms with van der Waals surface area (Å²) in [6, 6.07) is 1.39. The van der Waals surface area contributed by atoms with Crippen molar-refractivity contribution in [3.05, 3.63) is 24.0 Å². The first-order valence-corrected chi connectivity index (χ1v) is 6.40. The van der Waals surface area contributed by atoms with Crippen molar-refractivity contribution < 1.29 is 14.7 Å². The van der Waals surface area contributed by atoms with Gasteiger partial charge in [-0.1, -0.05) is 20.3 Å². The highest BCUT2D eigenvalue weighted by Gasteiger charge is 2.39. The number of aromatic carboxylic acids is 1. The Morgan fingerprint density at radius 1 is 1.47 bits per heavy atom. The number of nitrogens with one attached hydrogen (secondary N) is 1. The molecule has 1 amide bonds. The van der Waals surface area contributed by atoms with Gasteiger partial charge in [-0.3, -0.25) is 9.78 Å². The van der Waals surface area contributed by atoms with Crippen molar-refractivity contribution in [2.75, 3.05) is 5.32 Å². The van der Waals surface area contributed by atoms with Crippen molar-refractivity contribution in [3.63, 3.8) is 0 Å². The number of hydrogen-bond donors (Lipinski definition) is 2. The van der Waals surface area contributed by atoms with Crippen LogP contribution >= 0.6 is 0 Å². The molecule has 1 unspecified atom stereocenters. The maximum atomic E-state index is 12.3. The van der Waals surface area contributed by atoms with Crippen LogP contribution in [-0.2, 0) is 4.79 Å². The Bertz CT molecular complexity index is 511.